The number of phenols is 1. The minimum atomic E-state index is 0.220. The van der Waals surface area contributed by atoms with Gasteiger partial charge in [-0.05, 0) is 35.9 Å². The fraction of sp³-hybridized carbons (Fsp3) is 0.429. The highest BCUT2D eigenvalue weighted by Gasteiger charge is 2.23. The molecule has 0 amide bonds. The van der Waals surface area contributed by atoms with Crippen LogP contribution in [0.3, 0.4) is 0 Å². The van der Waals surface area contributed by atoms with E-state index in [0.717, 1.165) is 48.8 Å². The van der Waals surface area contributed by atoms with Gasteiger partial charge in [-0.15, -0.1) is 11.3 Å². The zero-order chi connectivity index (χ0) is 19.0. The molecule has 3 heterocycles. The molecule has 0 atom stereocenters. The quantitative estimate of drug-likeness (QED) is 0.735. The van der Waals surface area contributed by atoms with Crippen molar-refractivity contribution in [2.45, 2.75) is 20.8 Å². The minimum Gasteiger partial charge on any atom is -0.507 e. The topological polar surface area (TPSA) is 52.5 Å². The van der Waals surface area contributed by atoms with Gasteiger partial charge < -0.3 is 10.0 Å². The average molecular weight is 383 g/mol. The van der Waals surface area contributed by atoms with Crippen molar-refractivity contribution in [1.82, 2.24) is 14.9 Å². The number of aromatic hydroxyl groups is 1. The number of hydrogen-bond acceptors (Lipinski definition) is 6. The normalized spacial score (nSPS) is 15.8. The first-order chi connectivity index (χ1) is 13.0. The fourth-order valence-corrected chi connectivity index (χ4v) is 4.65. The van der Waals surface area contributed by atoms with Crippen LogP contribution in [-0.4, -0.2) is 52.7 Å². The molecule has 2 aromatic heterocycles. The van der Waals surface area contributed by atoms with Crippen molar-refractivity contribution >= 4 is 27.4 Å². The van der Waals surface area contributed by atoms with E-state index in [-0.39, 0.29) is 5.75 Å². The number of benzene rings is 1. The van der Waals surface area contributed by atoms with Crippen molar-refractivity contribution in [2.24, 2.45) is 5.92 Å². The van der Waals surface area contributed by atoms with Crippen molar-refractivity contribution in [2.75, 3.05) is 37.6 Å². The molecular weight excluding hydrogens is 356 g/mol. The van der Waals surface area contributed by atoms with E-state index in [4.69, 9.17) is 9.97 Å². The number of aryl methyl sites for hydroxylation is 1. The molecule has 0 radical (unpaired) electrons. The molecule has 1 fully saturated rings. The third-order valence-corrected chi connectivity index (χ3v) is 6.03. The second-order valence-electron chi connectivity index (χ2n) is 7.67. The maximum absolute atomic E-state index is 10.3. The molecule has 6 heteroatoms. The molecule has 1 aliphatic rings. The van der Waals surface area contributed by atoms with Gasteiger partial charge >= 0.3 is 0 Å². The van der Waals surface area contributed by atoms with Gasteiger partial charge in [0.05, 0.1) is 10.9 Å². The Bertz CT molecular complexity index is 945. The van der Waals surface area contributed by atoms with Gasteiger partial charge in [0.25, 0.3) is 0 Å². The maximum atomic E-state index is 10.3. The van der Waals surface area contributed by atoms with Gasteiger partial charge in [0.2, 0.25) is 0 Å². The third-order valence-electron chi connectivity index (χ3n) is 5.04. The van der Waals surface area contributed by atoms with Crippen LogP contribution in [-0.2, 0) is 0 Å². The average Bonchev–Trinajstić information content (AvgIpc) is 3.03. The Hall–Kier alpha value is -2.18. The molecule has 1 saturated heterocycles. The molecule has 0 saturated carbocycles. The summed E-state index contributed by atoms with van der Waals surface area (Å²) in [5.74, 6) is 2.51. The van der Waals surface area contributed by atoms with Crippen LogP contribution in [0.5, 0.6) is 5.75 Å². The number of para-hydroxylation sites is 1. The van der Waals surface area contributed by atoms with Gasteiger partial charge in [0.1, 0.15) is 16.4 Å². The molecule has 1 N–H and O–H groups in total. The van der Waals surface area contributed by atoms with E-state index < -0.39 is 0 Å². The highest BCUT2D eigenvalue weighted by atomic mass is 32.1. The molecule has 4 rings (SSSR count). The summed E-state index contributed by atoms with van der Waals surface area (Å²) in [6.45, 7) is 11.9. The Kier molecular flexibility index (Phi) is 5.02. The summed E-state index contributed by atoms with van der Waals surface area (Å²) in [5.41, 5.74) is 1.91. The summed E-state index contributed by atoms with van der Waals surface area (Å²) in [7, 11) is 0. The van der Waals surface area contributed by atoms with Gasteiger partial charge in [0, 0.05) is 32.7 Å². The standard InChI is InChI=1S/C21H26N4OS/c1-14(2)12-24-8-10-25(11-9-24)20-18-15(3)13-27-21(18)23-19(22-20)16-6-4-5-7-17(16)26/h4-7,13-14,26H,8-12H2,1-3H3. The maximum Gasteiger partial charge on any atom is 0.166 e. The van der Waals surface area contributed by atoms with E-state index >= 15 is 0 Å². The van der Waals surface area contributed by atoms with Crippen LogP contribution in [0.15, 0.2) is 29.6 Å². The molecule has 1 aliphatic heterocycles. The third kappa shape index (κ3) is 3.64. The highest BCUT2D eigenvalue weighted by molar-refractivity contribution is 7.17. The molecule has 0 spiro atoms. The predicted octanol–water partition coefficient (Wildman–Crippen LogP) is 4.15. The van der Waals surface area contributed by atoms with E-state index in [1.807, 2.05) is 18.2 Å². The lowest BCUT2D eigenvalue weighted by Crippen LogP contribution is -2.47. The molecule has 5 nitrogen and oxygen atoms in total. The van der Waals surface area contributed by atoms with Crippen LogP contribution < -0.4 is 4.90 Å². The molecule has 1 aromatic carbocycles. The number of hydrogen-bond donors (Lipinski definition) is 1. The number of rotatable bonds is 4. The van der Waals surface area contributed by atoms with Crippen molar-refractivity contribution in [3.05, 3.63) is 35.2 Å². The Morgan fingerprint density at radius 2 is 1.85 bits per heavy atom. The fourth-order valence-electron chi connectivity index (χ4n) is 3.73. The number of phenolic OH excluding ortho intramolecular Hbond substituents is 1. The van der Waals surface area contributed by atoms with Crippen LogP contribution in [0.4, 0.5) is 5.82 Å². The second kappa shape index (κ2) is 7.44. The predicted molar refractivity (Wildman–Crippen MR) is 113 cm³/mol. The summed E-state index contributed by atoms with van der Waals surface area (Å²) in [5, 5.41) is 13.6. The summed E-state index contributed by atoms with van der Waals surface area (Å²) in [6, 6.07) is 7.29. The first-order valence-corrected chi connectivity index (χ1v) is 10.4. The van der Waals surface area contributed by atoms with E-state index in [0.29, 0.717) is 17.3 Å². The summed E-state index contributed by atoms with van der Waals surface area (Å²) >= 11 is 1.65. The molecule has 142 valence electrons. The lowest BCUT2D eigenvalue weighted by atomic mass is 10.1. The van der Waals surface area contributed by atoms with E-state index in [9.17, 15) is 5.11 Å². The smallest absolute Gasteiger partial charge is 0.166 e. The number of anilines is 1. The minimum absolute atomic E-state index is 0.220. The van der Waals surface area contributed by atoms with Crippen LogP contribution in [0.1, 0.15) is 19.4 Å². The summed E-state index contributed by atoms with van der Waals surface area (Å²) < 4.78 is 0. The molecule has 0 unspecified atom stereocenters. The van der Waals surface area contributed by atoms with Gasteiger partial charge in [-0.3, -0.25) is 4.90 Å². The Balaban J connectivity index is 1.72. The Morgan fingerprint density at radius 1 is 1.11 bits per heavy atom. The number of piperazine rings is 1. The lowest BCUT2D eigenvalue weighted by molar-refractivity contribution is 0.231. The number of fused-ring (bicyclic) bond motifs is 1. The second-order valence-corrected chi connectivity index (χ2v) is 8.53. The van der Waals surface area contributed by atoms with Crippen LogP contribution in [0.25, 0.3) is 21.6 Å². The monoisotopic (exact) mass is 382 g/mol. The zero-order valence-electron chi connectivity index (χ0n) is 16.1. The van der Waals surface area contributed by atoms with Gasteiger partial charge in [-0.1, -0.05) is 26.0 Å². The first kappa shape index (κ1) is 18.2. The Labute approximate surface area is 164 Å². The molecule has 27 heavy (non-hydrogen) atoms. The van der Waals surface area contributed by atoms with Crippen molar-refractivity contribution in [3.63, 3.8) is 0 Å². The lowest BCUT2D eigenvalue weighted by Gasteiger charge is -2.36. The molecular formula is C21H26N4OS. The van der Waals surface area contributed by atoms with Crippen molar-refractivity contribution in [1.29, 1.82) is 0 Å². The van der Waals surface area contributed by atoms with Crippen LogP contribution in [0, 0.1) is 12.8 Å². The largest absolute Gasteiger partial charge is 0.507 e. The van der Waals surface area contributed by atoms with Gasteiger partial charge in [-0.2, -0.15) is 0 Å². The summed E-state index contributed by atoms with van der Waals surface area (Å²) in [4.78, 5) is 15.6. The number of aromatic nitrogens is 2. The van der Waals surface area contributed by atoms with E-state index in [1.165, 1.54) is 5.56 Å². The molecule has 3 aromatic rings. The highest BCUT2D eigenvalue weighted by Crippen LogP contribution is 2.36. The number of nitrogens with zero attached hydrogens (tertiary/aromatic N) is 4. The summed E-state index contributed by atoms with van der Waals surface area (Å²) in [6.07, 6.45) is 0. The van der Waals surface area contributed by atoms with Gasteiger partial charge in [-0.25, -0.2) is 9.97 Å². The zero-order valence-corrected chi connectivity index (χ0v) is 17.0. The molecule has 0 aliphatic carbocycles. The first-order valence-electron chi connectivity index (χ1n) is 9.54. The van der Waals surface area contributed by atoms with E-state index in [2.05, 4.69) is 36.0 Å². The van der Waals surface area contributed by atoms with Crippen LogP contribution in [0.2, 0.25) is 0 Å². The van der Waals surface area contributed by atoms with E-state index in [1.54, 1.807) is 17.4 Å². The molecule has 0 bridgehead atoms. The van der Waals surface area contributed by atoms with Gasteiger partial charge in [0.15, 0.2) is 5.82 Å². The van der Waals surface area contributed by atoms with Crippen molar-refractivity contribution in [3.8, 4) is 17.1 Å². The number of thiophene rings is 1. The Morgan fingerprint density at radius 3 is 2.56 bits per heavy atom. The van der Waals surface area contributed by atoms with Crippen LogP contribution >= 0.6 is 11.3 Å². The SMILES string of the molecule is Cc1csc2nc(-c3ccccc3O)nc(N3CCN(CC(C)C)CC3)c12. The van der Waals surface area contributed by atoms with Crippen molar-refractivity contribution < 1.29 is 5.11 Å².